The Balaban J connectivity index is 1.74. The van der Waals surface area contributed by atoms with Gasteiger partial charge in [0.05, 0.1) is 19.8 Å². The van der Waals surface area contributed by atoms with Crippen molar-refractivity contribution in [2.24, 2.45) is 5.92 Å². The number of carbonyl (C=O) groups is 1. The lowest BCUT2D eigenvalue weighted by Crippen LogP contribution is -2.53. The van der Waals surface area contributed by atoms with Crippen molar-refractivity contribution < 1.29 is 9.53 Å². The van der Waals surface area contributed by atoms with Crippen LogP contribution in [0.3, 0.4) is 0 Å². The molecule has 0 spiro atoms. The van der Waals surface area contributed by atoms with Crippen LogP contribution in [0.5, 0.6) is 0 Å². The van der Waals surface area contributed by atoms with Crippen LogP contribution < -0.4 is 10.6 Å². The van der Waals surface area contributed by atoms with Gasteiger partial charge in [-0.2, -0.15) is 5.10 Å². The van der Waals surface area contributed by atoms with Gasteiger partial charge in [0.1, 0.15) is 0 Å². The molecule has 0 aliphatic carbocycles. The molecule has 0 bridgehead atoms. The van der Waals surface area contributed by atoms with Crippen molar-refractivity contribution in [3.63, 3.8) is 0 Å². The largest absolute Gasteiger partial charge is 0.379 e. The number of carbonyl (C=O) groups excluding carboxylic acids is 1. The number of ether oxygens (including phenoxy) is 1. The van der Waals surface area contributed by atoms with E-state index in [0.717, 1.165) is 26.3 Å². The van der Waals surface area contributed by atoms with Gasteiger partial charge in [0.2, 0.25) is 0 Å². The summed E-state index contributed by atoms with van der Waals surface area (Å²) in [5.41, 5.74) is 0. The van der Waals surface area contributed by atoms with Crippen molar-refractivity contribution in [1.82, 2.24) is 25.3 Å². The third-order valence-electron chi connectivity index (χ3n) is 4.15. The number of urea groups is 1. The van der Waals surface area contributed by atoms with Crippen molar-refractivity contribution in [3.05, 3.63) is 18.5 Å². The number of nitrogens with zero attached hydrogens (tertiary/aromatic N) is 3. The van der Waals surface area contributed by atoms with Gasteiger partial charge >= 0.3 is 6.03 Å². The van der Waals surface area contributed by atoms with Crippen LogP contribution in [0.15, 0.2) is 18.5 Å². The number of nitrogens with one attached hydrogen (secondary N) is 2. The lowest BCUT2D eigenvalue weighted by atomic mass is 10.0. The zero-order chi connectivity index (χ0) is 16.7. The summed E-state index contributed by atoms with van der Waals surface area (Å²) in [5.74, 6) is 0.481. The minimum absolute atomic E-state index is 0.0239. The topological polar surface area (TPSA) is 71.4 Å². The minimum Gasteiger partial charge on any atom is -0.379 e. The quantitative estimate of drug-likeness (QED) is 0.783. The molecule has 1 saturated heterocycles. The molecule has 1 aromatic heterocycles. The highest BCUT2D eigenvalue weighted by molar-refractivity contribution is 5.74. The highest BCUT2D eigenvalue weighted by Crippen LogP contribution is 2.12. The molecule has 23 heavy (non-hydrogen) atoms. The first kappa shape index (κ1) is 17.7. The molecule has 0 radical (unpaired) electrons. The predicted molar refractivity (Wildman–Crippen MR) is 89.2 cm³/mol. The molecule has 130 valence electrons. The first-order valence-electron chi connectivity index (χ1n) is 8.40. The van der Waals surface area contributed by atoms with Gasteiger partial charge in [-0.05, 0) is 18.9 Å². The average molecular weight is 323 g/mol. The second kappa shape index (κ2) is 8.88. The van der Waals surface area contributed by atoms with Gasteiger partial charge in [-0.1, -0.05) is 13.8 Å². The minimum atomic E-state index is -0.122. The average Bonchev–Trinajstić information content (AvgIpc) is 3.00. The SMILES string of the molecule is CC(C)[C@H](CNC(=O)N[C@H](C)Cn1cccn1)N1CCOCC1. The smallest absolute Gasteiger partial charge is 0.315 e. The third-order valence-corrected chi connectivity index (χ3v) is 4.15. The number of aromatic nitrogens is 2. The van der Waals surface area contributed by atoms with Crippen molar-refractivity contribution in [1.29, 1.82) is 0 Å². The zero-order valence-corrected chi connectivity index (χ0v) is 14.4. The standard InChI is InChI=1S/C16H29N5O2/c1-13(2)15(20-7-9-23-10-8-20)11-17-16(22)19-14(3)12-21-6-4-5-18-21/h4-6,13-15H,7-12H2,1-3H3,(H2,17,19,22)/t14-,15+/m1/s1. The summed E-state index contributed by atoms with van der Waals surface area (Å²) in [4.78, 5) is 14.5. The first-order chi connectivity index (χ1) is 11.1. The number of morpholine rings is 1. The number of amides is 2. The molecular weight excluding hydrogens is 294 g/mol. The Morgan fingerprint density at radius 1 is 1.30 bits per heavy atom. The second-order valence-corrected chi connectivity index (χ2v) is 6.44. The Labute approximate surface area is 138 Å². The fourth-order valence-electron chi connectivity index (χ4n) is 2.90. The van der Waals surface area contributed by atoms with E-state index in [1.54, 1.807) is 6.20 Å². The summed E-state index contributed by atoms with van der Waals surface area (Å²) in [5, 5.41) is 10.1. The van der Waals surface area contributed by atoms with E-state index in [0.29, 0.717) is 25.0 Å². The van der Waals surface area contributed by atoms with Crippen molar-refractivity contribution in [3.8, 4) is 0 Å². The molecule has 7 heteroatoms. The summed E-state index contributed by atoms with van der Waals surface area (Å²) in [7, 11) is 0. The number of hydrogen-bond acceptors (Lipinski definition) is 4. The lowest BCUT2D eigenvalue weighted by molar-refractivity contribution is 0.00718. The monoisotopic (exact) mass is 323 g/mol. The number of hydrogen-bond donors (Lipinski definition) is 2. The third kappa shape index (κ3) is 5.84. The maximum Gasteiger partial charge on any atom is 0.315 e. The van der Waals surface area contributed by atoms with Crippen LogP contribution in [0.25, 0.3) is 0 Å². The molecular formula is C16H29N5O2. The van der Waals surface area contributed by atoms with E-state index in [4.69, 9.17) is 4.74 Å². The fraction of sp³-hybridized carbons (Fsp3) is 0.750. The van der Waals surface area contributed by atoms with Crippen LogP contribution >= 0.6 is 0 Å². The molecule has 1 aliphatic heterocycles. The molecule has 7 nitrogen and oxygen atoms in total. The summed E-state index contributed by atoms with van der Waals surface area (Å²) < 4.78 is 7.22. The summed E-state index contributed by atoms with van der Waals surface area (Å²) in [6.07, 6.45) is 3.63. The van der Waals surface area contributed by atoms with Gasteiger partial charge in [0.15, 0.2) is 0 Å². The van der Waals surface area contributed by atoms with Gasteiger partial charge < -0.3 is 15.4 Å². The van der Waals surface area contributed by atoms with Crippen LogP contribution in [0.1, 0.15) is 20.8 Å². The van der Waals surface area contributed by atoms with Gasteiger partial charge in [-0.15, -0.1) is 0 Å². The van der Waals surface area contributed by atoms with E-state index in [9.17, 15) is 4.79 Å². The maximum absolute atomic E-state index is 12.1. The fourth-order valence-corrected chi connectivity index (χ4v) is 2.90. The highest BCUT2D eigenvalue weighted by Gasteiger charge is 2.24. The van der Waals surface area contributed by atoms with E-state index < -0.39 is 0 Å². The number of rotatable bonds is 7. The van der Waals surface area contributed by atoms with Crippen molar-refractivity contribution in [2.75, 3.05) is 32.8 Å². The van der Waals surface area contributed by atoms with Gasteiger partial charge in [0, 0.05) is 44.1 Å². The van der Waals surface area contributed by atoms with E-state index in [1.807, 2.05) is 23.9 Å². The molecule has 0 saturated carbocycles. The molecule has 2 amide bonds. The molecule has 2 rings (SSSR count). The Kier molecular flexibility index (Phi) is 6.85. The molecule has 0 unspecified atom stereocenters. The van der Waals surface area contributed by atoms with Gasteiger partial charge in [-0.3, -0.25) is 9.58 Å². The molecule has 1 aromatic rings. The Hall–Kier alpha value is -1.60. The Morgan fingerprint density at radius 2 is 2.04 bits per heavy atom. The molecule has 1 fully saturated rings. The Morgan fingerprint density at radius 3 is 2.65 bits per heavy atom. The van der Waals surface area contributed by atoms with E-state index in [-0.39, 0.29) is 12.1 Å². The van der Waals surface area contributed by atoms with Gasteiger partial charge in [-0.25, -0.2) is 4.79 Å². The molecule has 2 N–H and O–H groups in total. The zero-order valence-electron chi connectivity index (χ0n) is 14.4. The van der Waals surface area contributed by atoms with Gasteiger partial charge in [0.25, 0.3) is 0 Å². The first-order valence-corrected chi connectivity index (χ1v) is 8.40. The molecule has 2 atom stereocenters. The molecule has 1 aliphatic rings. The Bertz CT molecular complexity index is 457. The lowest BCUT2D eigenvalue weighted by Gasteiger charge is -2.37. The van der Waals surface area contributed by atoms with Crippen LogP contribution in [-0.4, -0.2) is 65.6 Å². The van der Waals surface area contributed by atoms with E-state index in [1.165, 1.54) is 0 Å². The normalized spacial score (nSPS) is 18.6. The summed E-state index contributed by atoms with van der Waals surface area (Å²) in [6.45, 7) is 11.1. The van der Waals surface area contributed by atoms with Crippen LogP contribution in [-0.2, 0) is 11.3 Å². The second-order valence-electron chi connectivity index (χ2n) is 6.44. The highest BCUT2D eigenvalue weighted by atomic mass is 16.5. The summed E-state index contributed by atoms with van der Waals surface area (Å²) in [6, 6.07) is 2.12. The van der Waals surface area contributed by atoms with Crippen LogP contribution in [0.2, 0.25) is 0 Å². The van der Waals surface area contributed by atoms with E-state index >= 15 is 0 Å². The van der Waals surface area contributed by atoms with E-state index in [2.05, 4.69) is 34.5 Å². The van der Waals surface area contributed by atoms with Crippen LogP contribution in [0, 0.1) is 5.92 Å². The van der Waals surface area contributed by atoms with Crippen LogP contribution in [0.4, 0.5) is 4.79 Å². The van der Waals surface area contributed by atoms with Crippen molar-refractivity contribution >= 4 is 6.03 Å². The molecule has 2 heterocycles. The maximum atomic E-state index is 12.1. The van der Waals surface area contributed by atoms with Crippen molar-refractivity contribution in [2.45, 2.75) is 39.4 Å². The predicted octanol–water partition coefficient (Wildman–Crippen LogP) is 0.928. The summed E-state index contributed by atoms with van der Waals surface area (Å²) >= 11 is 0. The molecule has 0 aromatic carbocycles.